The standard InChI is InChI=1S/C14H20ClN3O2/c1-8(12(19)18-14(2,3)4)17-13(20)9-5-6-11(16)10(15)7-9/h5-8H,16H2,1-4H3,(H,17,20)(H,18,19). The summed E-state index contributed by atoms with van der Waals surface area (Å²) >= 11 is 5.86. The molecule has 110 valence electrons. The number of halogens is 1. The molecule has 1 unspecified atom stereocenters. The maximum atomic E-state index is 12.0. The van der Waals surface area contributed by atoms with Crippen LogP contribution in [0.3, 0.4) is 0 Å². The van der Waals surface area contributed by atoms with E-state index in [4.69, 9.17) is 17.3 Å². The summed E-state index contributed by atoms with van der Waals surface area (Å²) in [5.74, 6) is -0.615. The van der Waals surface area contributed by atoms with Gasteiger partial charge in [0.25, 0.3) is 5.91 Å². The monoisotopic (exact) mass is 297 g/mol. The third kappa shape index (κ3) is 4.74. The number of anilines is 1. The van der Waals surface area contributed by atoms with E-state index in [0.29, 0.717) is 16.3 Å². The van der Waals surface area contributed by atoms with Gasteiger partial charge in [-0.05, 0) is 45.9 Å². The smallest absolute Gasteiger partial charge is 0.251 e. The molecule has 0 aliphatic rings. The minimum Gasteiger partial charge on any atom is -0.398 e. The Labute approximate surface area is 123 Å². The Morgan fingerprint density at radius 2 is 1.90 bits per heavy atom. The van der Waals surface area contributed by atoms with Crippen LogP contribution in [0.1, 0.15) is 38.1 Å². The number of nitrogens with two attached hydrogens (primary N) is 1. The summed E-state index contributed by atoms with van der Waals surface area (Å²) in [5, 5.41) is 5.72. The zero-order valence-corrected chi connectivity index (χ0v) is 12.8. The van der Waals surface area contributed by atoms with Gasteiger partial charge in [0.05, 0.1) is 10.7 Å². The molecule has 2 amide bonds. The van der Waals surface area contributed by atoms with Gasteiger partial charge in [-0.1, -0.05) is 11.6 Å². The third-order valence-electron chi connectivity index (χ3n) is 2.50. The number of carbonyl (C=O) groups excluding carboxylic acids is 2. The number of carbonyl (C=O) groups is 2. The van der Waals surface area contributed by atoms with Crippen molar-refractivity contribution in [3.05, 3.63) is 28.8 Å². The highest BCUT2D eigenvalue weighted by Crippen LogP contribution is 2.19. The molecule has 0 fully saturated rings. The van der Waals surface area contributed by atoms with Gasteiger partial charge in [-0.15, -0.1) is 0 Å². The highest BCUT2D eigenvalue weighted by molar-refractivity contribution is 6.33. The molecule has 4 N–H and O–H groups in total. The van der Waals surface area contributed by atoms with Crippen molar-refractivity contribution in [2.45, 2.75) is 39.3 Å². The summed E-state index contributed by atoms with van der Waals surface area (Å²) in [7, 11) is 0. The summed E-state index contributed by atoms with van der Waals surface area (Å²) in [6, 6.07) is 3.95. The van der Waals surface area contributed by atoms with Crippen molar-refractivity contribution < 1.29 is 9.59 Å². The predicted octanol–water partition coefficient (Wildman–Crippen LogP) is 1.96. The topological polar surface area (TPSA) is 84.2 Å². The molecular weight excluding hydrogens is 278 g/mol. The van der Waals surface area contributed by atoms with Crippen molar-refractivity contribution in [3.63, 3.8) is 0 Å². The lowest BCUT2D eigenvalue weighted by molar-refractivity contribution is -0.124. The van der Waals surface area contributed by atoms with Crippen LogP contribution in [0.15, 0.2) is 18.2 Å². The number of nitrogens with one attached hydrogen (secondary N) is 2. The number of nitrogen functional groups attached to an aromatic ring is 1. The maximum absolute atomic E-state index is 12.0. The first kappa shape index (κ1) is 16.3. The van der Waals surface area contributed by atoms with E-state index < -0.39 is 6.04 Å². The van der Waals surface area contributed by atoms with Crippen LogP contribution in [0.5, 0.6) is 0 Å². The van der Waals surface area contributed by atoms with Crippen molar-refractivity contribution >= 4 is 29.1 Å². The molecule has 5 nitrogen and oxygen atoms in total. The molecule has 0 spiro atoms. The zero-order valence-electron chi connectivity index (χ0n) is 12.1. The molecular formula is C14H20ClN3O2. The van der Waals surface area contributed by atoms with Crippen LogP contribution in [-0.2, 0) is 4.79 Å². The Morgan fingerprint density at radius 1 is 1.30 bits per heavy atom. The van der Waals surface area contributed by atoms with Crippen molar-refractivity contribution in [1.82, 2.24) is 10.6 Å². The minimum atomic E-state index is -0.641. The second kappa shape index (κ2) is 6.13. The lowest BCUT2D eigenvalue weighted by atomic mass is 10.1. The summed E-state index contributed by atoms with van der Waals surface area (Å²) < 4.78 is 0. The van der Waals surface area contributed by atoms with E-state index in [1.54, 1.807) is 19.1 Å². The van der Waals surface area contributed by atoms with Gasteiger partial charge in [0, 0.05) is 11.1 Å². The predicted molar refractivity (Wildman–Crippen MR) is 80.7 cm³/mol. The van der Waals surface area contributed by atoms with Crippen LogP contribution >= 0.6 is 11.6 Å². The Bertz CT molecular complexity index is 524. The normalized spacial score (nSPS) is 12.7. The van der Waals surface area contributed by atoms with Crippen LogP contribution in [0, 0.1) is 0 Å². The molecule has 0 saturated carbocycles. The minimum absolute atomic E-state index is 0.243. The van der Waals surface area contributed by atoms with Crippen LogP contribution < -0.4 is 16.4 Å². The Hall–Kier alpha value is -1.75. The van der Waals surface area contributed by atoms with Crippen molar-refractivity contribution in [3.8, 4) is 0 Å². The van der Waals surface area contributed by atoms with E-state index in [-0.39, 0.29) is 17.4 Å². The molecule has 1 atom stereocenters. The lowest BCUT2D eigenvalue weighted by Gasteiger charge is -2.23. The molecule has 0 saturated heterocycles. The highest BCUT2D eigenvalue weighted by atomic mass is 35.5. The largest absolute Gasteiger partial charge is 0.398 e. The van der Waals surface area contributed by atoms with Gasteiger partial charge < -0.3 is 16.4 Å². The first-order valence-electron chi connectivity index (χ1n) is 6.28. The summed E-state index contributed by atoms with van der Waals surface area (Å²) in [6.07, 6.45) is 0. The van der Waals surface area contributed by atoms with E-state index >= 15 is 0 Å². The summed E-state index contributed by atoms with van der Waals surface area (Å²) in [5.41, 5.74) is 6.00. The quantitative estimate of drug-likeness (QED) is 0.746. The number of benzene rings is 1. The molecule has 1 rings (SSSR count). The molecule has 0 radical (unpaired) electrons. The lowest BCUT2D eigenvalue weighted by Crippen LogP contribution is -2.50. The SMILES string of the molecule is CC(NC(=O)c1ccc(N)c(Cl)c1)C(=O)NC(C)(C)C. The third-order valence-corrected chi connectivity index (χ3v) is 2.83. The fourth-order valence-electron chi connectivity index (χ4n) is 1.49. The van der Waals surface area contributed by atoms with Crippen LogP contribution in [0.4, 0.5) is 5.69 Å². The van der Waals surface area contributed by atoms with E-state index in [2.05, 4.69) is 10.6 Å². The Balaban J connectivity index is 2.70. The second-order valence-electron chi connectivity index (χ2n) is 5.67. The first-order valence-corrected chi connectivity index (χ1v) is 6.66. The zero-order chi connectivity index (χ0) is 15.5. The maximum Gasteiger partial charge on any atom is 0.251 e. The molecule has 0 heterocycles. The van der Waals surface area contributed by atoms with Gasteiger partial charge in [-0.25, -0.2) is 0 Å². The van der Waals surface area contributed by atoms with Gasteiger partial charge >= 0.3 is 0 Å². The molecule has 0 bridgehead atoms. The van der Waals surface area contributed by atoms with Crippen molar-refractivity contribution in [1.29, 1.82) is 0 Å². The first-order chi connectivity index (χ1) is 9.10. The van der Waals surface area contributed by atoms with Crippen LogP contribution in [0.25, 0.3) is 0 Å². The van der Waals surface area contributed by atoms with Gasteiger partial charge in [0.2, 0.25) is 5.91 Å². The molecule has 20 heavy (non-hydrogen) atoms. The molecule has 6 heteroatoms. The fourth-order valence-corrected chi connectivity index (χ4v) is 1.67. The number of hydrogen-bond acceptors (Lipinski definition) is 3. The Kier molecular flexibility index (Phi) is 5.00. The van der Waals surface area contributed by atoms with E-state index in [0.717, 1.165) is 0 Å². The highest BCUT2D eigenvalue weighted by Gasteiger charge is 2.21. The molecule has 1 aromatic carbocycles. The fraction of sp³-hybridized carbons (Fsp3) is 0.429. The van der Waals surface area contributed by atoms with Gasteiger partial charge in [-0.2, -0.15) is 0 Å². The average molecular weight is 298 g/mol. The summed E-state index contributed by atoms with van der Waals surface area (Å²) in [6.45, 7) is 7.25. The molecule has 0 aromatic heterocycles. The molecule has 1 aromatic rings. The van der Waals surface area contributed by atoms with Gasteiger partial charge in [-0.3, -0.25) is 9.59 Å². The second-order valence-corrected chi connectivity index (χ2v) is 6.08. The van der Waals surface area contributed by atoms with Crippen molar-refractivity contribution in [2.24, 2.45) is 0 Å². The van der Waals surface area contributed by atoms with E-state index in [1.165, 1.54) is 6.07 Å². The van der Waals surface area contributed by atoms with Gasteiger partial charge in [0.1, 0.15) is 6.04 Å². The Morgan fingerprint density at radius 3 is 2.40 bits per heavy atom. The van der Waals surface area contributed by atoms with Gasteiger partial charge in [0.15, 0.2) is 0 Å². The van der Waals surface area contributed by atoms with Crippen molar-refractivity contribution in [2.75, 3.05) is 5.73 Å². The summed E-state index contributed by atoms with van der Waals surface area (Å²) in [4.78, 5) is 23.9. The van der Waals surface area contributed by atoms with E-state index in [9.17, 15) is 9.59 Å². The van der Waals surface area contributed by atoms with E-state index in [1.807, 2.05) is 20.8 Å². The van der Waals surface area contributed by atoms with Crippen LogP contribution in [-0.4, -0.2) is 23.4 Å². The number of amides is 2. The number of hydrogen-bond donors (Lipinski definition) is 3. The average Bonchev–Trinajstić information content (AvgIpc) is 2.30. The number of rotatable bonds is 3. The van der Waals surface area contributed by atoms with Crippen LogP contribution in [0.2, 0.25) is 5.02 Å². The molecule has 0 aliphatic heterocycles. The molecule has 0 aliphatic carbocycles.